The number of nitrogens with zero attached hydrogens (tertiary/aromatic N) is 1. The van der Waals surface area contributed by atoms with Crippen molar-refractivity contribution >= 4 is 17.3 Å². The minimum atomic E-state index is -0.686. The third kappa shape index (κ3) is 2.22. The monoisotopic (exact) mass is 209 g/mol. The van der Waals surface area contributed by atoms with Crippen molar-refractivity contribution in [3.05, 3.63) is 33.9 Å². The van der Waals surface area contributed by atoms with Gasteiger partial charge >= 0.3 is 0 Å². The van der Waals surface area contributed by atoms with Crippen molar-refractivity contribution in [3.8, 4) is 0 Å². The van der Waals surface area contributed by atoms with Gasteiger partial charge in [0, 0.05) is 12.6 Å². The molecule has 0 fully saturated rings. The van der Waals surface area contributed by atoms with Gasteiger partial charge < -0.3 is 11.1 Å². The van der Waals surface area contributed by atoms with E-state index in [1.807, 2.05) is 0 Å². The Morgan fingerprint density at radius 3 is 2.73 bits per heavy atom. The van der Waals surface area contributed by atoms with Crippen molar-refractivity contribution in [1.82, 2.24) is 0 Å². The number of para-hydroxylation sites is 1. The molecule has 0 bridgehead atoms. The van der Waals surface area contributed by atoms with Crippen LogP contribution in [0.5, 0.6) is 0 Å². The minimum absolute atomic E-state index is 0.131. The highest BCUT2D eigenvalue weighted by atomic mass is 16.6. The molecule has 6 nitrogen and oxygen atoms in total. The van der Waals surface area contributed by atoms with Gasteiger partial charge in [0.2, 0.25) is 0 Å². The maximum Gasteiger partial charge on any atom is 0.293 e. The first-order valence-corrected chi connectivity index (χ1v) is 4.39. The Morgan fingerprint density at radius 2 is 2.27 bits per heavy atom. The summed E-state index contributed by atoms with van der Waals surface area (Å²) in [4.78, 5) is 21.2. The van der Waals surface area contributed by atoms with Gasteiger partial charge in [-0.3, -0.25) is 14.9 Å². The summed E-state index contributed by atoms with van der Waals surface area (Å²) in [5, 5.41) is 13.4. The van der Waals surface area contributed by atoms with Crippen LogP contribution in [0.1, 0.15) is 17.3 Å². The van der Waals surface area contributed by atoms with Crippen LogP contribution in [0.25, 0.3) is 0 Å². The van der Waals surface area contributed by atoms with Crippen molar-refractivity contribution in [3.63, 3.8) is 0 Å². The zero-order valence-electron chi connectivity index (χ0n) is 8.19. The van der Waals surface area contributed by atoms with E-state index in [0.717, 1.165) is 0 Å². The van der Waals surface area contributed by atoms with E-state index in [9.17, 15) is 14.9 Å². The number of hydrogen-bond donors (Lipinski definition) is 2. The summed E-state index contributed by atoms with van der Waals surface area (Å²) in [5.41, 5.74) is 5.28. The molecule has 1 amide bonds. The Morgan fingerprint density at radius 1 is 1.60 bits per heavy atom. The number of carbonyl (C=O) groups is 1. The topological polar surface area (TPSA) is 98.3 Å². The van der Waals surface area contributed by atoms with Crippen LogP contribution in [0.3, 0.4) is 0 Å². The number of nitro groups is 1. The molecular formula is C9H11N3O3. The number of nitrogens with two attached hydrogens (primary N) is 1. The molecule has 0 aliphatic carbocycles. The molecule has 1 aromatic carbocycles. The summed E-state index contributed by atoms with van der Waals surface area (Å²) in [6, 6.07) is 4.21. The largest absolute Gasteiger partial charge is 0.379 e. The molecule has 0 aliphatic heterocycles. The van der Waals surface area contributed by atoms with E-state index in [1.165, 1.54) is 18.2 Å². The molecule has 0 saturated heterocycles. The molecule has 6 heteroatoms. The van der Waals surface area contributed by atoms with Crippen LogP contribution in [-0.2, 0) is 0 Å². The van der Waals surface area contributed by atoms with Crippen molar-refractivity contribution in [1.29, 1.82) is 0 Å². The summed E-state index contributed by atoms with van der Waals surface area (Å²) >= 11 is 0. The maximum atomic E-state index is 11.0. The Hall–Kier alpha value is -2.11. The van der Waals surface area contributed by atoms with Crippen LogP contribution in [0.15, 0.2) is 18.2 Å². The molecule has 0 spiro atoms. The van der Waals surface area contributed by atoms with Crippen LogP contribution < -0.4 is 11.1 Å². The molecular weight excluding hydrogens is 198 g/mol. The highest BCUT2D eigenvalue weighted by Gasteiger charge is 2.19. The Kier molecular flexibility index (Phi) is 3.22. The minimum Gasteiger partial charge on any atom is -0.379 e. The molecule has 0 heterocycles. The second-order valence-electron chi connectivity index (χ2n) is 2.85. The molecule has 15 heavy (non-hydrogen) atoms. The summed E-state index contributed by atoms with van der Waals surface area (Å²) in [6.45, 7) is 2.26. The molecule has 0 atom stereocenters. The standard InChI is InChI=1S/C9H11N3O3/c1-2-11-8-6(9(10)13)4-3-5-7(8)12(14)15/h3-5,11H,2H2,1H3,(H2,10,13). The average Bonchev–Trinajstić information content (AvgIpc) is 2.17. The summed E-state index contributed by atoms with van der Waals surface area (Å²) < 4.78 is 0. The average molecular weight is 209 g/mol. The van der Waals surface area contributed by atoms with E-state index in [4.69, 9.17) is 5.73 Å². The number of benzene rings is 1. The predicted molar refractivity (Wildman–Crippen MR) is 55.8 cm³/mol. The number of carbonyl (C=O) groups excluding carboxylic acids is 1. The lowest BCUT2D eigenvalue weighted by molar-refractivity contribution is -0.384. The molecule has 3 N–H and O–H groups in total. The van der Waals surface area contributed by atoms with Gasteiger partial charge in [0.25, 0.3) is 11.6 Å². The first-order valence-electron chi connectivity index (χ1n) is 4.39. The number of anilines is 1. The Bertz CT molecular complexity index is 371. The van der Waals surface area contributed by atoms with E-state index in [-0.39, 0.29) is 16.9 Å². The molecule has 0 unspecified atom stereocenters. The fourth-order valence-corrected chi connectivity index (χ4v) is 1.26. The fraction of sp³-hybridized carbons (Fsp3) is 0.222. The highest BCUT2D eigenvalue weighted by Crippen LogP contribution is 2.27. The van der Waals surface area contributed by atoms with Crippen LogP contribution in [0.4, 0.5) is 11.4 Å². The SMILES string of the molecule is CCNc1c(C(N)=O)cccc1[N+](=O)[O-]. The van der Waals surface area contributed by atoms with E-state index < -0.39 is 10.8 Å². The van der Waals surface area contributed by atoms with Crippen LogP contribution in [0.2, 0.25) is 0 Å². The molecule has 1 aromatic rings. The second kappa shape index (κ2) is 4.41. The van der Waals surface area contributed by atoms with E-state index in [2.05, 4.69) is 5.32 Å². The number of primary amides is 1. The number of nitro benzene ring substituents is 1. The van der Waals surface area contributed by atoms with Gasteiger partial charge in [0.05, 0.1) is 10.5 Å². The first kappa shape index (κ1) is 11.0. The van der Waals surface area contributed by atoms with Crippen LogP contribution in [0, 0.1) is 10.1 Å². The van der Waals surface area contributed by atoms with Gasteiger partial charge in [-0.2, -0.15) is 0 Å². The molecule has 80 valence electrons. The number of amides is 1. The van der Waals surface area contributed by atoms with Gasteiger partial charge in [-0.15, -0.1) is 0 Å². The lowest BCUT2D eigenvalue weighted by atomic mass is 10.1. The third-order valence-electron chi connectivity index (χ3n) is 1.86. The van der Waals surface area contributed by atoms with E-state index in [0.29, 0.717) is 6.54 Å². The van der Waals surface area contributed by atoms with Crippen LogP contribution >= 0.6 is 0 Å². The smallest absolute Gasteiger partial charge is 0.293 e. The van der Waals surface area contributed by atoms with Gasteiger partial charge in [0.1, 0.15) is 5.69 Å². The quantitative estimate of drug-likeness (QED) is 0.573. The molecule has 0 radical (unpaired) electrons. The van der Waals surface area contributed by atoms with E-state index >= 15 is 0 Å². The molecule has 0 saturated carbocycles. The molecule has 1 rings (SSSR count). The van der Waals surface area contributed by atoms with Crippen LogP contribution in [-0.4, -0.2) is 17.4 Å². The number of nitrogens with one attached hydrogen (secondary N) is 1. The summed E-state index contributed by atoms with van der Waals surface area (Å²) in [7, 11) is 0. The zero-order chi connectivity index (χ0) is 11.4. The van der Waals surface area contributed by atoms with Crippen molar-refractivity contribution in [2.45, 2.75) is 6.92 Å². The highest BCUT2D eigenvalue weighted by molar-refractivity contribution is 6.00. The molecule has 0 aromatic heterocycles. The Labute approximate surface area is 86.2 Å². The fourth-order valence-electron chi connectivity index (χ4n) is 1.26. The van der Waals surface area contributed by atoms with Gasteiger partial charge in [-0.1, -0.05) is 6.07 Å². The molecule has 0 aliphatic rings. The lowest BCUT2D eigenvalue weighted by Crippen LogP contribution is -2.15. The summed E-state index contributed by atoms with van der Waals surface area (Å²) in [5.74, 6) is -0.686. The third-order valence-corrected chi connectivity index (χ3v) is 1.86. The first-order chi connectivity index (χ1) is 7.07. The Balaban J connectivity index is 3.34. The zero-order valence-corrected chi connectivity index (χ0v) is 8.19. The summed E-state index contributed by atoms with van der Waals surface area (Å²) in [6.07, 6.45) is 0. The van der Waals surface area contributed by atoms with Gasteiger partial charge in [0.15, 0.2) is 0 Å². The maximum absolute atomic E-state index is 11.0. The number of hydrogen-bond acceptors (Lipinski definition) is 4. The van der Waals surface area contributed by atoms with Gasteiger partial charge in [-0.25, -0.2) is 0 Å². The lowest BCUT2D eigenvalue weighted by Gasteiger charge is -2.07. The van der Waals surface area contributed by atoms with Gasteiger partial charge in [-0.05, 0) is 13.0 Å². The van der Waals surface area contributed by atoms with Crippen molar-refractivity contribution < 1.29 is 9.72 Å². The van der Waals surface area contributed by atoms with Crippen molar-refractivity contribution in [2.24, 2.45) is 5.73 Å². The van der Waals surface area contributed by atoms with E-state index in [1.54, 1.807) is 6.92 Å². The second-order valence-corrected chi connectivity index (χ2v) is 2.85. The normalized spacial score (nSPS) is 9.67. The van der Waals surface area contributed by atoms with Crippen molar-refractivity contribution in [2.75, 3.05) is 11.9 Å². The predicted octanol–water partition coefficient (Wildman–Crippen LogP) is 1.13. The number of rotatable bonds is 4.